The van der Waals surface area contributed by atoms with E-state index in [1.165, 1.54) is 13.8 Å². The summed E-state index contributed by atoms with van der Waals surface area (Å²) in [4.78, 5) is 10.8. The van der Waals surface area contributed by atoms with E-state index >= 15 is 0 Å². The lowest BCUT2D eigenvalue weighted by Crippen LogP contribution is -2.13. The van der Waals surface area contributed by atoms with Gasteiger partial charge >= 0.3 is 6.18 Å². The van der Waals surface area contributed by atoms with Crippen LogP contribution in [-0.4, -0.2) is 15.6 Å². The Morgan fingerprint density at radius 3 is 2.43 bits per heavy atom. The number of ketones is 1. The van der Waals surface area contributed by atoms with E-state index in [2.05, 4.69) is 5.10 Å². The predicted molar refractivity (Wildman–Crippen MR) is 42.9 cm³/mol. The van der Waals surface area contributed by atoms with Crippen LogP contribution < -0.4 is 0 Å². The number of hydrogen-bond donors (Lipinski definition) is 0. The Kier molecular flexibility index (Phi) is 2.64. The first-order chi connectivity index (χ1) is 6.36. The molecule has 0 unspecified atom stereocenters. The summed E-state index contributed by atoms with van der Waals surface area (Å²) in [5, 5.41) is 3.54. The molecule has 0 spiro atoms. The number of nitrogens with zero attached hydrogens (tertiary/aromatic N) is 2. The van der Waals surface area contributed by atoms with Gasteiger partial charge in [-0.1, -0.05) is 0 Å². The highest BCUT2D eigenvalue weighted by Gasteiger charge is 2.35. The summed E-state index contributed by atoms with van der Waals surface area (Å²) in [6.45, 7) is 2.80. The molecule has 1 rings (SSSR count). The van der Waals surface area contributed by atoms with Crippen molar-refractivity contribution in [2.45, 2.75) is 26.6 Å². The molecule has 0 aliphatic rings. The highest BCUT2D eigenvalue weighted by atomic mass is 19.4. The smallest absolute Gasteiger partial charge is 0.293 e. The second-order valence-corrected chi connectivity index (χ2v) is 2.78. The molecule has 0 aliphatic heterocycles. The van der Waals surface area contributed by atoms with Crippen LogP contribution in [0.4, 0.5) is 13.2 Å². The zero-order valence-corrected chi connectivity index (χ0v) is 7.72. The molecule has 1 aromatic rings. The molecular weight excluding hydrogens is 197 g/mol. The average Bonchev–Trinajstić information content (AvgIpc) is 2.46. The number of carbonyl (C=O) groups excluding carboxylic acids is 1. The third-order valence-electron chi connectivity index (χ3n) is 1.73. The largest absolute Gasteiger partial charge is 0.433 e. The van der Waals surface area contributed by atoms with E-state index < -0.39 is 17.7 Å². The number of carbonyl (C=O) groups is 1. The minimum absolute atomic E-state index is 0.0854. The Balaban J connectivity index is 3.22. The Bertz CT molecular complexity index is 354. The quantitative estimate of drug-likeness (QED) is 0.694. The Labute approximate surface area is 78.5 Å². The number of hydrogen-bond acceptors (Lipinski definition) is 2. The first-order valence-electron chi connectivity index (χ1n) is 4.02. The molecule has 0 amide bonds. The summed E-state index contributed by atoms with van der Waals surface area (Å²) in [5.41, 5.74) is -1.04. The van der Waals surface area contributed by atoms with E-state index in [1.807, 2.05) is 0 Å². The SMILES string of the molecule is CCn1nc(C(C)=O)cc1C(F)(F)F. The van der Waals surface area contributed by atoms with Crippen molar-refractivity contribution < 1.29 is 18.0 Å². The second kappa shape index (κ2) is 3.43. The van der Waals surface area contributed by atoms with Crippen molar-refractivity contribution in [3.63, 3.8) is 0 Å². The lowest BCUT2D eigenvalue weighted by Gasteiger charge is -2.06. The molecule has 0 radical (unpaired) electrons. The lowest BCUT2D eigenvalue weighted by molar-refractivity contribution is -0.144. The highest BCUT2D eigenvalue weighted by Crippen LogP contribution is 2.29. The maximum Gasteiger partial charge on any atom is 0.433 e. The first-order valence-corrected chi connectivity index (χ1v) is 4.02. The van der Waals surface area contributed by atoms with Crippen LogP contribution in [0.25, 0.3) is 0 Å². The Hall–Kier alpha value is -1.33. The molecule has 3 nitrogen and oxygen atoms in total. The fraction of sp³-hybridized carbons (Fsp3) is 0.500. The Morgan fingerprint density at radius 1 is 1.57 bits per heavy atom. The molecule has 0 N–H and O–H groups in total. The van der Waals surface area contributed by atoms with Crippen LogP contribution in [0, 0.1) is 0 Å². The minimum atomic E-state index is -4.46. The van der Waals surface area contributed by atoms with Crippen molar-refractivity contribution in [1.82, 2.24) is 9.78 Å². The van der Waals surface area contributed by atoms with Gasteiger partial charge in [-0.25, -0.2) is 0 Å². The molecule has 0 atom stereocenters. The summed E-state index contributed by atoms with van der Waals surface area (Å²) >= 11 is 0. The number of alkyl halides is 3. The van der Waals surface area contributed by atoms with Crippen LogP contribution in [0.2, 0.25) is 0 Å². The zero-order chi connectivity index (χ0) is 10.9. The number of halogens is 3. The normalized spacial score (nSPS) is 11.8. The second-order valence-electron chi connectivity index (χ2n) is 2.78. The zero-order valence-electron chi connectivity index (χ0n) is 7.72. The number of aryl methyl sites for hydroxylation is 1. The van der Waals surface area contributed by atoms with E-state index in [0.29, 0.717) is 0 Å². The van der Waals surface area contributed by atoms with Gasteiger partial charge in [-0.05, 0) is 13.0 Å². The number of rotatable bonds is 2. The van der Waals surface area contributed by atoms with Crippen LogP contribution in [0.5, 0.6) is 0 Å². The van der Waals surface area contributed by atoms with Gasteiger partial charge in [0.1, 0.15) is 11.4 Å². The van der Waals surface area contributed by atoms with Crippen LogP contribution in [-0.2, 0) is 12.7 Å². The maximum atomic E-state index is 12.3. The molecule has 0 saturated heterocycles. The van der Waals surface area contributed by atoms with Crippen molar-refractivity contribution in [1.29, 1.82) is 0 Å². The third kappa shape index (κ3) is 1.94. The summed E-state index contributed by atoms with van der Waals surface area (Å²) in [6.07, 6.45) is -4.46. The number of aromatic nitrogens is 2. The average molecular weight is 206 g/mol. The van der Waals surface area contributed by atoms with Gasteiger partial charge in [0.2, 0.25) is 0 Å². The van der Waals surface area contributed by atoms with Crippen molar-refractivity contribution in [3.8, 4) is 0 Å². The molecule has 1 aromatic heterocycles. The number of Topliss-reactive ketones (excluding diaryl/α,β-unsaturated/α-hetero) is 1. The van der Waals surface area contributed by atoms with Crippen molar-refractivity contribution in [2.24, 2.45) is 0 Å². The monoisotopic (exact) mass is 206 g/mol. The molecule has 0 saturated carbocycles. The first kappa shape index (κ1) is 10.7. The fourth-order valence-electron chi connectivity index (χ4n) is 1.06. The van der Waals surface area contributed by atoms with E-state index in [4.69, 9.17) is 0 Å². The van der Waals surface area contributed by atoms with Crippen LogP contribution >= 0.6 is 0 Å². The van der Waals surface area contributed by atoms with Gasteiger partial charge in [0.15, 0.2) is 5.78 Å². The van der Waals surface area contributed by atoms with Crippen LogP contribution in [0.1, 0.15) is 30.0 Å². The van der Waals surface area contributed by atoms with Crippen molar-refractivity contribution in [2.75, 3.05) is 0 Å². The molecule has 78 valence electrons. The van der Waals surface area contributed by atoms with Gasteiger partial charge in [0.05, 0.1) is 0 Å². The minimum Gasteiger partial charge on any atom is -0.293 e. The molecule has 6 heteroatoms. The summed E-state index contributed by atoms with van der Waals surface area (Å²) in [7, 11) is 0. The van der Waals surface area contributed by atoms with E-state index in [-0.39, 0.29) is 12.2 Å². The van der Waals surface area contributed by atoms with Gasteiger partial charge in [0.25, 0.3) is 0 Å². The standard InChI is InChI=1S/C8H9F3N2O/c1-3-13-7(8(9,10)11)4-6(12-13)5(2)14/h4H,3H2,1-2H3. The topological polar surface area (TPSA) is 34.9 Å². The molecule has 0 aliphatic carbocycles. The summed E-state index contributed by atoms with van der Waals surface area (Å²) < 4.78 is 37.8. The van der Waals surface area contributed by atoms with Crippen LogP contribution in [0.3, 0.4) is 0 Å². The van der Waals surface area contributed by atoms with Gasteiger partial charge in [0, 0.05) is 13.5 Å². The maximum absolute atomic E-state index is 12.3. The molecule has 14 heavy (non-hydrogen) atoms. The van der Waals surface area contributed by atoms with E-state index in [9.17, 15) is 18.0 Å². The molecule has 0 bridgehead atoms. The van der Waals surface area contributed by atoms with E-state index in [1.54, 1.807) is 0 Å². The lowest BCUT2D eigenvalue weighted by atomic mass is 10.3. The Morgan fingerprint density at radius 2 is 2.14 bits per heavy atom. The third-order valence-corrected chi connectivity index (χ3v) is 1.73. The fourth-order valence-corrected chi connectivity index (χ4v) is 1.06. The molecule has 0 aromatic carbocycles. The molecular formula is C8H9F3N2O. The van der Waals surface area contributed by atoms with Crippen molar-refractivity contribution in [3.05, 3.63) is 17.5 Å². The summed E-state index contributed by atoms with van der Waals surface area (Å²) in [5.74, 6) is -0.470. The highest BCUT2D eigenvalue weighted by molar-refractivity contribution is 5.92. The summed E-state index contributed by atoms with van der Waals surface area (Å²) in [6, 6.07) is 0.770. The predicted octanol–water partition coefficient (Wildman–Crippen LogP) is 2.12. The van der Waals surface area contributed by atoms with E-state index in [0.717, 1.165) is 10.7 Å². The van der Waals surface area contributed by atoms with Gasteiger partial charge in [-0.2, -0.15) is 18.3 Å². The molecule has 1 heterocycles. The van der Waals surface area contributed by atoms with Gasteiger partial charge in [-0.15, -0.1) is 0 Å². The van der Waals surface area contributed by atoms with Gasteiger partial charge in [-0.3, -0.25) is 9.48 Å². The van der Waals surface area contributed by atoms with Crippen molar-refractivity contribution >= 4 is 5.78 Å². The van der Waals surface area contributed by atoms with Gasteiger partial charge < -0.3 is 0 Å². The van der Waals surface area contributed by atoms with Crippen LogP contribution in [0.15, 0.2) is 6.07 Å². The molecule has 0 fully saturated rings.